The highest BCUT2D eigenvalue weighted by Crippen LogP contribution is 2.28. The molecule has 0 aliphatic carbocycles. The number of carbonyl (C=O) groups excluding carboxylic acids is 3. The third kappa shape index (κ3) is 4.45. The summed E-state index contributed by atoms with van der Waals surface area (Å²) >= 11 is 0. The third-order valence-corrected chi connectivity index (χ3v) is 5.04. The van der Waals surface area contributed by atoms with Gasteiger partial charge in [-0.15, -0.1) is 0 Å². The van der Waals surface area contributed by atoms with Crippen LogP contribution in [0.2, 0.25) is 0 Å². The molecule has 1 fully saturated rings. The molecule has 0 aromatic heterocycles. The fraction of sp³-hybridized carbons (Fsp3) is 0.348. The van der Waals surface area contributed by atoms with E-state index in [0.717, 1.165) is 10.5 Å². The highest BCUT2D eigenvalue weighted by atomic mass is 16.5. The van der Waals surface area contributed by atoms with Gasteiger partial charge in [0.05, 0.1) is 25.8 Å². The number of carbonyl (C=O) groups is 3. The van der Waals surface area contributed by atoms with Gasteiger partial charge < -0.3 is 14.4 Å². The van der Waals surface area contributed by atoms with Crippen molar-refractivity contribution in [2.24, 2.45) is 0 Å². The van der Waals surface area contributed by atoms with Gasteiger partial charge in [0.2, 0.25) is 11.8 Å². The highest BCUT2D eigenvalue weighted by molar-refractivity contribution is 6.23. The van der Waals surface area contributed by atoms with Crippen LogP contribution in [0.3, 0.4) is 0 Å². The molecule has 0 N–H and O–H groups in total. The van der Waals surface area contributed by atoms with Crippen LogP contribution >= 0.6 is 0 Å². The van der Waals surface area contributed by atoms with E-state index in [1.807, 2.05) is 19.1 Å². The average molecular weight is 410 g/mol. The second-order valence-electron chi connectivity index (χ2n) is 6.94. The number of imide groups is 1. The van der Waals surface area contributed by atoms with Gasteiger partial charge in [0, 0.05) is 13.0 Å². The summed E-state index contributed by atoms with van der Waals surface area (Å²) in [5, 5.41) is 0. The molecule has 30 heavy (non-hydrogen) atoms. The van der Waals surface area contributed by atoms with Gasteiger partial charge in [-0.05, 0) is 48.9 Å². The molecule has 3 rings (SSSR count). The van der Waals surface area contributed by atoms with E-state index in [1.165, 1.54) is 4.90 Å². The van der Waals surface area contributed by atoms with Crippen molar-refractivity contribution in [3.8, 4) is 11.5 Å². The van der Waals surface area contributed by atoms with E-state index >= 15 is 0 Å². The summed E-state index contributed by atoms with van der Waals surface area (Å²) in [6.45, 7) is 4.41. The fourth-order valence-corrected chi connectivity index (χ4v) is 3.49. The van der Waals surface area contributed by atoms with Gasteiger partial charge in [-0.3, -0.25) is 14.4 Å². The summed E-state index contributed by atoms with van der Waals surface area (Å²) in [6, 6.07) is 13.3. The Hall–Kier alpha value is -3.35. The Labute approximate surface area is 176 Å². The fourth-order valence-electron chi connectivity index (χ4n) is 3.49. The molecule has 2 aromatic carbocycles. The zero-order valence-corrected chi connectivity index (χ0v) is 17.5. The summed E-state index contributed by atoms with van der Waals surface area (Å²) in [5.41, 5.74) is 1.33. The van der Waals surface area contributed by atoms with E-state index in [0.29, 0.717) is 23.8 Å². The molecule has 0 unspecified atom stereocenters. The van der Waals surface area contributed by atoms with Gasteiger partial charge in [0.25, 0.3) is 5.91 Å². The van der Waals surface area contributed by atoms with Crippen LogP contribution in [0.1, 0.15) is 32.3 Å². The number of hydrogen-bond acceptors (Lipinski definition) is 5. The monoisotopic (exact) mass is 410 g/mol. The molecule has 0 radical (unpaired) electrons. The lowest BCUT2D eigenvalue weighted by Crippen LogP contribution is -2.44. The molecule has 0 bridgehead atoms. The number of anilines is 1. The van der Waals surface area contributed by atoms with E-state index in [2.05, 4.69) is 0 Å². The van der Waals surface area contributed by atoms with Crippen LogP contribution in [0.25, 0.3) is 0 Å². The van der Waals surface area contributed by atoms with Crippen LogP contribution in [-0.2, 0) is 20.9 Å². The van der Waals surface area contributed by atoms with Crippen LogP contribution in [0.4, 0.5) is 5.69 Å². The Morgan fingerprint density at radius 3 is 2.23 bits per heavy atom. The predicted octanol–water partition coefficient (Wildman–Crippen LogP) is 3.16. The first-order chi connectivity index (χ1) is 14.5. The minimum atomic E-state index is -0.821. The van der Waals surface area contributed by atoms with Gasteiger partial charge in [-0.1, -0.05) is 19.1 Å². The predicted molar refractivity (Wildman–Crippen MR) is 112 cm³/mol. The van der Waals surface area contributed by atoms with Crippen LogP contribution in [0.5, 0.6) is 11.5 Å². The zero-order chi connectivity index (χ0) is 21.7. The first-order valence-electron chi connectivity index (χ1n) is 10.0. The molecule has 0 spiro atoms. The lowest BCUT2D eigenvalue weighted by atomic mass is 10.1. The van der Waals surface area contributed by atoms with Crippen molar-refractivity contribution in [3.05, 3.63) is 54.1 Å². The summed E-state index contributed by atoms with van der Waals surface area (Å²) in [6.07, 6.45) is 0.213. The SMILES string of the molecule is CCOc1ccc(N2C(=O)C[C@H](N(Cc3ccc(OC)cc3)C(=O)CC)C2=O)cc1. The van der Waals surface area contributed by atoms with E-state index in [1.54, 1.807) is 50.4 Å². The minimum Gasteiger partial charge on any atom is -0.497 e. The number of methoxy groups -OCH3 is 1. The molecular formula is C23H26N2O5. The first kappa shape index (κ1) is 21.4. The molecule has 1 aliphatic heterocycles. The van der Waals surface area contributed by atoms with Crippen LogP contribution in [0, 0.1) is 0 Å². The van der Waals surface area contributed by atoms with Crippen molar-refractivity contribution >= 4 is 23.4 Å². The van der Waals surface area contributed by atoms with Gasteiger partial charge in [0.1, 0.15) is 17.5 Å². The Balaban J connectivity index is 1.82. The maximum absolute atomic E-state index is 13.1. The molecule has 3 amide bonds. The van der Waals surface area contributed by atoms with Crippen molar-refractivity contribution in [2.45, 2.75) is 39.3 Å². The van der Waals surface area contributed by atoms with Crippen molar-refractivity contribution in [1.29, 1.82) is 0 Å². The van der Waals surface area contributed by atoms with Crippen LogP contribution in [-0.4, -0.2) is 42.4 Å². The minimum absolute atomic E-state index is 0.0338. The second kappa shape index (κ2) is 9.43. The number of rotatable bonds is 8. The molecule has 1 aliphatic rings. The number of benzene rings is 2. The molecule has 1 heterocycles. The Kier molecular flexibility index (Phi) is 6.72. The normalized spacial score (nSPS) is 16.0. The quantitative estimate of drug-likeness (QED) is 0.625. The molecule has 1 atom stereocenters. The van der Waals surface area contributed by atoms with Gasteiger partial charge in [-0.2, -0.15) is 0 Å². The van der Waals surface area contributed by atoms with Crippen molar-refractivity contribution < 1.29 is 23.9 Å². The molecule has 158 valence electrons. The highest BCUT2D eigenvalue weighted by Gasteiger charge is 2.44. The topological polar surface area (TPSA) is 76.2 Å². The summed E-state index contributed by atoms with van der Waals surface area (Å²) in [7, 11) is 1.58. The van der Waals surface area contributed by atoms with E-state index in [4.69, 9.17) is 9.47 Å². The van der Waals surface area contributed by atoms with E-state index in [-0.39, 0.29) is 37.1 Å². The van der Waals surface area contributed by atoms with E-state index < -0.39 is 6.04 Å². The lowest BCUT2D eigenvalue weighted by Gasteiger charge is -2.27. The lowest BCUT2D eigenvalue weighted by molar-refractivity contribution is -0.138. The summed E-state index contributed by atoms with van der Waals surface area (Å²) in [4.78, 5) is 41.1. The Bertz CT molecular complexity index is 908. The summed E-state index contributed by atoms with van der Waals surface area (Å²) in [5.74, 6) is 0.489. The molecule has 7 heteroatoms. The van der Waals surface area contributed by atoms with Gasteiger partial charge >= 0.3 is 0 Å². The molecule has 1 saturated heterocycles. The van der Waals surface area contributed by atoms with E-state index in [9.17, 15) is 14.4 Å². The van der Waals surface area contributed by atoms with Gasteiger partial charge in [-0.25, -0.2) is 4.90 Å². The van der Waals surface area contributed by atoms with Crippen LogP contribution in [0.15, 0.2) is 48.5 Å². The molecule has 7 nitrogen and oxygen atoms in total. The van der Waals surface area contributed by atoms with Crippen LogP contribution < -0.4 is 14.4 Å². The average Bonchev–Trinajstić information content (AvgIpc) is 3.06. The smallest absolute Gasteiger partial charge is 0.257 e. The second-order valence-corrected chi connectivity index (χ2v) is 6.94. The Morgan fingerprint density at radius 1 is 1.03 bits per heavy atom. The number of ether oxygens (including phenoxy) is 2. The maximum atomic E-state index is 13.1. The number of hydrogen-bond donors (Lipinski definition) is 0. The van der Waals surface area contributed by atoms with Crippen molar-refractivity contribution in [3.63, 3.8) is 0 Å². The standard InChI is InChI=1S/C23H26N2O5/c1-4-21(26)24(15-16-6-10-18(29-3)11-7-16)20-14-22(27)25(23(20)28)17-8-12-19(13-9-17)30-5-2/h6-13,20H,4-5,14-15H2,1-3H3/t20-/m0/s1. The maximum Gasteiger partial charge on any atom is 0.257 e. The molecular weight excluding hydrogens is 384 g/mol. The number of nitrogens with zero attached hydrogens (tertiary/aromatic N) is 2. The molecule has 0 saturated carbocycles. The molecule has 2 aromatic rings. The first-order valence-corrected chi connectivity index (χ1v) is 10.0. The largest absolute Gasteiger partial charge is 0.497 e. The van der Waals surface area contributed by atoms with Crippen molar-refractivity contribution in [2.75, 3.05) is 18.6 Å². The van der Waals surface area contributed by atoms with Crippen molar-refractivity contribution in [1.82, 2.24) is 4.90 Å². The third-order valence-electron chi connectivity index (χ3n) is 5.04. The zero-order valence-electron chi connectivity index (χ0n) is 17.5. The Morgan fingerprint density at radius 2 is 1.67 bits per heavy atom. The van der Waals surface area contributed by atoms with Gasteiger partial charge in [0.15, 0.2) is 0 Å². The number of amides is 3. The summed E-state index contributed by atoms with van der Waals surface area (Å²) < 4.78 is 10.6.